The molecule has 1 N–H and O–H groups in total. The topological polar surface area (TPSA) is 28.7 Å². The lowest BCUT2D eigenvalue weighted by Gasteiger charge is -1.95. The van der Waals surface area contributed by atoms with Crippen molar-refractivity contribution in [3.63, 3.8) is 0 Å². The highest BCUT2D eigenvalue weighted by Crippen LogP contribution is 2.15. The van der Waals surface area contributed by atoms with Crippen LogP contribution in [0.5, 0.6) is 0 Å². The molecular weight excluding hydrogens is 184 g/mol. The van der Waals surface area contributed by atoms with Crippen molar-refractivity contribution in [1.29, 1.82) is 0 Å². The number of hydrogen-bond acceptors (Lipinski definition) is 1. The number of nitrogens with zero attached hydrogens (tertiary/aromatic N) is 1. The average Bonchev–Trinajstić information content (AvgIpc) is 2.77. The Bertz CT molecular complexity index is 388. The molecule has 2 rings (SSSR count). The SMILES string of the molecule is CCCC.CCc1cccc2cn[nH]c12. The van der Waals surface area contributed by atoms with Gasteiger partial charge in [0.2, 0.25) is 0 Å². The van der Waals surface area contributed by atoms with Gasteiger partial charge in [0.05, 0.1) is 11.7 Å². The predicted octanol–water partition coefficient (Wildman–Crippen LogP) is 3.93. The molecule has 0 spiro atoms. The molecule has 1 heterocycles. The van der Waals surface area contributed by atoms with Crippen LogP contribution in [0.3, 0.4) is 0 Å². The lowest BCUT2D eigenvalue weighted by atomic mass is 10.1. The number of benzene rings is 1. The van der Waals surface area contributed by atoms with Crippen LogP contribution in [0.2, 0.25) is 0 Å². The third-order valence-corrected chi connectivity index (χ3v) is 2.44. The van der Waals surface area contributed by atoms with Gasteiger partial charge in [-0.15, -0.1) is 0 Å². The highest BCUT2D eigenvalue weighted by atomic mass is 15.1. The molecular formula is C13H20N2. The zero-order chi connectivity index (χ0) is 11.1. The van der Waals surface area contributed by atoms with Crippen LogP contribution in [0.15, 0.2) is 24.4 Å². The number of aryl methyl sites for hydroxylation is 1. The fourth-order valence-corrected chi connectivity index (χ4v) is 1.32. The quantitative estimate of drug-likeness (QED) is 0.788. The number of hydrogen-bond donors (Lipinski definition) is 1. The summed E-state index contributed by atoms with van der Waals surface area (Å²) in [7, 11) is 0. The van der Waals surface area contributed by atoms with Gasteiger partial charge < -0.3 is 0 Å². The fourth-order valence-electron chi connectivity index (χ4n) is 1.32. The molecule has 0 bridgehead atoms. The van der Waals surface area contributed by atoms with Crippen LogP contribution in [0.4, 0.5) is 0 Å². The summed E-state index contributed by atoms with van der Waals surface area (Å²) in [6.45, 7) is 6.51. The summed E-state index contributed by atoms with van der Waals surface area (Å²) >= 11 is 0. The minimum absolute atomic E-state index is 1.06. The van der Waals surface area contributed by atoms with Crippen molar-refractivity contribution in [3.05, 3.63) is 30.0 Å². The van der Waals surface area contributed by atoms with Gasteiger partial charge in [0.25, 0.3) is 0 Å². The van der Waals surface area contributed by atoms with Gasteiger partial charge in [-0.05, 0) is 12.0 Å². The molecule has 0 radical (unpaired) electrons. The largest absolute Gasteiger partial charge is 0.278 e. The molecule has 0 aliphatic heterocycles. The first-order chi connectivity index (χ1) is 7.33. The Labute approximate surface area is 91.7 Å². The third-order valence-electron chi connectivity index (χ3n) is 2.44. The van der Waals surface area contributed by atoms with Crippen LogP contribution in [-0.4, -0.2) is 10.2 Å². The fraction of sp³-hybridized carbons (Fsp3) is 0.462. The van der Waals surface area contributed by atoms with E-state index in [9.17, 15) is 0 Å². The predicted molar refractivity (Wildman–Crippen MR) is 66.1 cm³/mol. The number of unbranched alkanes of at least 4 members (excludes halogenated alkanes) is 1. The van der Waals surface area contributed by atoms with E-state index in [4.69, 9.17) is 0 Å². The van der Waals surface area contributed by atoms with Crippen LogP contribution in [0.25, 0.3) is 10.9 Å². The van der Waals surface area contributed by atoms with Crippen LogP contribution < -0.4 is 0 Å². The van der Waals surface area contributed by atoms with Crippen molar-refractivity contribution in [2.75, 3.05) is 0 Å². The van der Waals surface area contributed by atoms with Crippen molar-refractivity contribution in [2.24, 2.45) is 0 Å². The second-order valence-electron chi connectivity index (χ2n) is 3.60. The summed E-state index contributed by atoms with van der Waals surface area (Å²) in [6.07, 6.45) is 5.55. The van der Waals surface area contributed by atoms with Gasteiger partial charge in [-0.2, -0.15) is 5.10 Å². The number of fused-ring (bicyclic) bond motifs is 1. The molecule has 0 fully saturated rings. The number of nitrogens with one attached hydrogen (secondary N) is 1. The molecule has 2 heteroatoms. The van der Waals surface area contributed by atoms with Gasteiger partial charge in [-0.3, -0.25) is 5.10 Å². The van der Waals surface area contributed by atoms with E-state index in [1.54, 1.807) is 0 Å². The first-order valence-corrected chi connectivity index (χ1v) is 5.74. The lowest BCUT2D eigenvalue weighted by Crippen LogP contribution is -1.81. The molecule has 0 atom stereocenters. The molecule has 15 heavy (non-hydrogen) atoms. The summed E-state index contributed by atoms with van der Waals surface area (Å²) in [5, 5.41) is 8.17. The van der Waals surface area contributed by atoms with E-state index in [2.05, 4.69) is 49.2 Å². The molecule has 0 saturated heterocycles. The summed E-state index contributed by atoms with van der Waals surface area (Å²) in [5.74, 6) is 0. The van der Waals surface area contributed by atoms with Crippen LogP contribution in [0, 0.1) is 0 Å². The zero-order valence-corrected chi connectivity index (χ0v) is 9.88. The van der Waals surface area contributed by atoms with Gasteiger partial charge in [0.1, 0.15) is 0 Å². The van der Waals surface area contributed by atoms with E-state index in [-0.39, 0.29) is 0 Å². The molecule has 1 aromatic heterocycles. The second kappa shape index (κ2) is 6.23. The van der Waals surface area contributed by atoms with Gasteiger partial charge in [0, 0.05) is 5.39 Å². The maximum absolute atomic E-state index is 3.98. The average molecular weight is 204 g/mol. The Kier molecular flexibility index (Phi) is 4.88. The van der Waals surface area contributed by atoms with E-state index in [1.165, 1.54) is 29.3 Å². The molecule has 0 aliphatic carbocycles. The molecule has 1 aromatic carbocycles. The standard InChI is InChI=1S/C9H10N2.C4H10/c1-2-7-4-3-5-8-6-10-11-9(7)8;1-3-4-2/h3-6H,2H2,1H3,(H,10,11);3-4H2,1-2H3. The van der Waals surface area contributed by atoms with Crippen LogP contribution >= 0.6 is 0 Å². The van der Waals surface area contributed by atoms with Crippen molar-refractivity contribution in [1.82, 2.24) is 10.2 Å². The number of aromatic nitrogens is 2. The zero-order valence-electron chi connectivity index (χ0n) is 9.88. The number of aromatic amines is 1. The van der Waals surface area contributed by atoms with Gasteiger partial charge in [-0.25, -0.2) is 0 Å². The smallest absolute Gasteiger partial charge is 0.0682 e. The molecule has 0 unspecified atom stereocenters. The Balaban J connectivity index is 0.000000245. The van der Waals surface area contributed by atoms with Gasteiger partial charge >= 0.3 is 0 Å². The minimum atomic E-state index is 1.06. The van der Waals surface area contributed by atoms with Gasteiger partial charge in [-0.1, -0.05) is 51.8 Å². The van der Waals surface area contributed by atoms with E-state index in [1.807, 2.05) is 6.20 Å². The third kappa shape index (κ3) is 3.08. The number of rotatable bonds is 2. The lowest BCUT2D eigenvalue weighted by molar-refractivity contribution is 0.886. The monoisotopic (exact) mass is 204 g/mol. The van der Waals surface area contributed by atoms with Crippen LogP contribution in [-0.2, 0) is 6.42 Å². The first-order valence-electron chi connectivity index (χ1n) is 5.74. The highest BCUT2D eigenvalue weighted by Gasteiger charge is 1.98. The molecule has 2 aromatic rings. The van der Waals surface area contributed by atoms with Crippen molar-refractivity contribution < 1.29 is 0 Å². The summed E-state index contributed by atoms with van der Waals surface area (Å²) in [5.41, 5.74) is 2.51. The van der Waals surface area contributed by atoms with E-state index >= 15 is 0 Å². The Morgan fingerprint density at radius 3 is 2.47 bits per heavy atom. The number of para-hydroxylation sites is 1. The van der Waals surface area contributed by atoms with Crippen molar-refractivity contribution in [3.8, 4) is 0 Å². The molecule has 0 aliphatic rings. The Morgan fingerprint density at radius 1 is 1.13 bits per heavy atom. The molecule has 2 nitrogen and oxygen atoms in total. The first kappa shape index (κ1) is 11.8. The number of H-pyrrole nitrogens is 1. The summed E-state index contributed by atoms with van der Waals surface area (Å²) < 4.78 is 0. The summed E-state index contributed by atoms with van der Waals surface area (Å²) in [6, 6.07) is 6.26. The normalized spacial score (nSPS) is 9.80. The molecule has 82 valence electrons. The maximum Gasteiger partial charge on any atom is 0.0682 e. The second-order valence-corrected chi connectivity index (χ2v) is 3.60. The molecule has 0 saturated carbocycles. The van der Waals surface area contributed by atoms with E-state index in [0.29, 0.717) is 0 Å². The summed E-state index contributed by atoms with van der Waals surface area (Å²) in [4.78, 5) is 0. The van der Waals surface area contributed by atoms with E-state index in [0.717, 1.165) is 6.42 Å². The van der Waals surface area contributed by atoms with Gasteiger partial charge in [0.15, 0.2) is 0 Å². The van der Waals surface area contributed by atoms with Crippen molar-refractivity contribution in [2.45, 2.75) is 40.0 Å². The Morgan fingerprint density at radius 2 is 1.87 bits per heavy atom. The minimum Gasteiger partial charge on any atom is -0.278 e. The Hall–Kier alpha value is -1.31. The van der Waals surface area contributed by atoms with Crippen molar-refractivity contribution >= 4 is 10.9 Å². The van der Waals surface area contributed by atoms with Crippen LogP contribution in [0.1, 0.15) is 39.2 Å². The highest BCUT2D eigenvalue weighted by molar-refractivity contribution is 5.81. The molecule has 0 amide bonds. The maximum atomic E-state index is 3.98. The van der Waals surface area contributed by atoms with E-state index < -0.39 is 0 Å².